The molecule has 4 amide bonds. The molecule has 1 heterocycles. The van der Waals surface area contributed by atoms with Gasteiger partial charge in [-0.25, -0.2) is 9.69 Å². The molecule has 0 bridgehead atoms. The molecule has 0 atom stereocenters. The van der Waals surface area contributed by atoms with E-state index in [0.29, 0.717) is 14.2 Å². The summed E-state index contributed by atoms with van der Waals surface area (Å²) in [5.74, 6) is -1.74. The highest BCUT2D eigenvalue weighted by atomic mass is 127. The van der Waals surface area contributed by atoms with Gasteiger partial charge in [0.05, 0.1) is 16.4 Å². The van der Waals surface area contributed by atoms with Gasteiger partial charge in [0, 0.05) is 5.02 Å². The Kier molecular flexibility index (Phi) is 7.57. The van der Waals surface area contributed by atoms with Crippen LogP contribution in [-0.4, -0.2) is 33.4 Å². The van der Waals surface area contributed by atoms with Crippen molar-refractivity contribution in [3.05, 3.63) is 86.0 Å². The summed E-state index contributed by atoms with van der Waals surface area (Å²) in [6.07, 6.45) is 1.27. The second-order valence-corrected chi connectivity index (χ2v) is 10.9. The minimum atomic E-state index is -4.15. The molecular formula is C25H18ClIN2O7S. The lowest BCUT2D eigenvalue weighted by Crippen LogP contribution is -2.54. The van der Waals surface area contributed by atoms with Gasteiger partial charge in [-0.05, 0) is 83.1 Å². The number of methoxy groups -OCH3 is 1. The third-order valence-corrected chi connectivity index (χ3v) is 7.75. The van der Waals surface area contributed by atoms with Gasteiger partial charge in [0.25, 0.3) is 11.8 Å². The molecule has 0 saturated carbocycles. The van der Waals surface area contributed by atoms with Crippen LogP contribution >= 0.6 is 34.2 Å². The molecule has 9 nitrogen and oxygen atoms in total. The first kappa shape index (κ1) is 26.6. The number of imide groups is 2. The van der Waals surface area contributed by atoms with E-state index >= 15 is 0 Å². The van der Waals surface area contributed by atoms with Crippen LogP contribution < -0.4 is 19.1 Å². The third kappa shape index (κ3) is 5.48. The van der Waals surface area contributed by atoms with E-state index in [-0.39, 0.29) is 27.7 Å². The van der Waals surface area contributed by atoms with Crippen molar-refractivity contribution < 1.29 is 31.7 Å². The zero-order valence-corrected chi connectivity index (χ0v) is 23.0. The Morgan fingerprint density at radius 3 is 2.38 bits per heavy atom. The predicted octanol–water partition coefficient (Wildman–Crippen LogP) is 4.70. The Morgan fingerprint density at radius 2 is 1.73 bits per heavy atom. The van der Waals surface area contributed by atoms with Gasteiger partial charge >= 0.3 is 16.1 Å². The Hall–Kier alpha value is -3.42. The first-order valence-electron chi connectivity index (χ1n) is 10.6. The van der Waals surface area contributed by atoms with E-state index in [2.05, 4.69) is 5.32 Å². The Bertz CT molecular complexity index is 1570. The van der Waals surface area contributed by atoms with Crippen LogP contribution in [0.2, 0.25) is 5.02 Å². The molecule has 190 valence electrons. The van der Waals surface area contributed by atoms with Crippen LogP contribution in [0.25, 0.3) is 6.08 Å². The average Bonchev–Trinajstić information content (AvgIpc) is 2.85. The fraction of sp³-hybridized carbons (Fsp3) is 0.0800. The second-order valence-electron chi connectivity index (χ2n) is 7.78. The van der Waals surface area contributed by atoms with E-state index in [4.69, 9.17) is 20.5 Å². The Labute approximate surface area is 231 Å². The molecule has 1 saturated heterocycles. The zero-order chi connectivity index (χ0) is 26.9. The van der Waals surface area contributed by atoms with E-state index in [1.54, 1.807) is 31.2 Å². The molecular weight excluding hydrogens is 635 g/mol. The number of anilines is 1. The molecule has 1 fully saturated rings. The van der Waals surface area contributed by atoms with Crippen LogP contribution in [0.1, 0.15) is 11.1 Å². The molecule has 3 aromatic carbocycles. The van der Waals surface area contributed by atoms with Gasteiger partial charge in [0.2, 0.25) is 0 Å². The molecule has 4 rings (SSSR count). The maximum absolute atomic E-state index is 13.2. The average molecular weight is 653 g/mol. The number of aryl methyl sites for hydroxylation is 1. The second kappa shape index (κ2) is 10.5. The van der Waals surface area contributed by atoms with E-state index in [9.17, 15) is 22.8 Å². The van der Waals surface area contributed by atoms with Gasteiger partial charge in [-0.1, -0.05) is 35.9 Å². The lowest BCUT2D eigenvalue weighted by molar-refractivity contribution is -0.122. The van der Waals surface area contributed by atoms with E-state index in [1.165, 1.54) is 49.6 Å². The quantitative estimate of drug-likeness (QED) is 0.178. The number of rotatable bonds is 6. The van der Waals surface area contributed by atoms with Crippen LogP contribution in [0.5, 0.6) is 11.5 Å². The van der Waals surface area contributed by atoms with E-state index < -0.39 is 28.0 Å². The van der Waals surface area contributed by atoms with Crippen molar-refractivity contribution in [1.29, 1.82) is 0 Å². The maximum atomic E-state index is 13.2. The Balaban J connectivity index is 1.71. The maximum Gasteiger partial charge on any atom is 0.339 e. The van der Waals surface area contributed by atoms with Crippen molar-refractivity contribution >= 4 is 73.9 Å². The molecule has 0 aliphatic carbocycles. The molecule has 0 radical (unpaired) electrons. The fourth-order valence-electron chi connectivity index (χ4n) is 3.43. The van der Waals surface area contributed by atoms with Crippen LogP contribution in [0.4, 0.5) is 10.5 Å². The topological polar surface area (TPSA) is 119 Å². The summed E-state index contributed by atoms with van der Waals surface area (Å²) in [4.78, 5) is 39.0. The number of nitrogens with one attached hydrogen (secondary N) is 1. The molecule has 1 aliphatic rings. The summed E-state index contributed by atoms with van der Waals surface area (Å²) in [7, 11) is -2.83. The molecule has 0 aromatic heterocycles. The number of hydrogen-bond donors (Lipinski definition) is 1. The fourth-order valence-corrected chi connectivity index (χ4v) is 5.47. The number of hydrogen-bond acceptors (Lipinski definition) is 7. The minimum absolute atomic E-state index is 0.0375. The Morgan fingerprint density at radius 1 is 1.03 bits per heavy atom. The summed E-state index contributed by atoms with van der Waals surface area (Å²) < 4.78 is 36.5. The highest BCUT2D eigenvalue weighted by Crippen LogP contribution is 2.37. The highest BCUT2D eigenvalue weighted by Gasteiger charge is 2.37. The SMILES string of the molecule is COc1cc(/C=C2\C(=O)NC(=O)N(c3ccc(C)c(Cl)c3)C2=O)cc(I)c1OS(=O)(=O)c1ccccc1. The number of halogens is 2. The number of carbonyl (C=O) groups is 3. The van der Waals surface area contributed by atoms with Crippen molar-refractivity contribution in [2.75, 3.05) is 12.0 Å². The van der Waals surface area contributed by atoms with Crippen molar-refractivity contribution in [3.8, 4) is 11.5 Å². The molecule has 12 heteroatoms. The number of barbiturate groups is 1. The summed E-state index contributed by atoms with van der Waals surface area (Å²) >= 11 is 8.01. The van der Waals surface area contributed by atoms with Crippen molar-refractivity contribution in [1.82, 2.24) is 5.32 Å². The van der Waals surface area contributed by atoms with Gasteiger partial charge in [-0.3, -0.25) is 14.9 Å². The van der Waals surface area contributed by atoms with Crippen LogP contribution in [0, 0.1) is 10.5 Å². The monoisotopic (exact) mass is 652 g/mol. The molecule has 0 unspecified atom stereocenters. The first-order valence-corrected chi connectivity index (χ1v) is 13.4. The van der Waals surface area contributed by atoms with Gasteiger partial charge in [-0.15, -0.1) is 0 Å². The first-order chi connectivity index (χ1) is 17.5. The molecule has 37 heavy (non-hydrogen) atoms. The standard InChI is InChI=1S/C25H18ClIN2O7S/c1-14-8-9-16(13-19(14)26)29-24(31)18(23(30)28-25(29)32)10-15-11-20(27)22(21(12-15)35-2)36-37(33,34)17-6-4-3-5-7-17/h3-13H,1-2H3,(H,28,30,32)/b18-10+. The zero-order valence-electron chi connectivity index (χ0n) is 19.3. The number of benzene rings is 3. The number of carbonyl (C=O) groups excluding carboxylic acids is 3. The van der Waals surface area contributed by atoms with Crippen LogP contribution in [0.15, 0.2) is 71.1 Å². The summed E-state index contributed by atoms with van der Waals surface area (Å²) in [5.41, 5.74) is 0.957. The smallest absolute Gasteiger partial charge is 0.339 e. The van der Waals surface area contributed by atoms with Crippen LogP contribution in [0.3, 0.4) is 0 Å². The predicted molar refractivity (Wildman–Crippen MR) is 145 cm³/mol. The lowest BCUT2D eigenvalue weighted by Gasteiger charge is -2.26. The van der Waals surface area contributed by atoms with E-state index in [1.807, 2.05) is 22.6 Å². The number of nitrogens with zero attached hydrogens (tertiary/aromatic N) is 1. The van der Waals surface area contributed by atoms with Crippen molar-refractivity contribution in [2.24, 2.45) is 0 Å². The van der Waals surface area contributed by atoms with E-state index in [0.717, 1.165) is 10.5 Å². The summed E-state index contributed by atoms with van der Waals surface area (Å²) in [5, 5.41) is 2.49. The van der Waals surface area contributed by atoms with Gasteiger partial charge in [-0.2, -0.15) is 8.42 Å². The van der Waals surface area contributed by atoms with Crippen molar-refractivity contribution in [3.63, 3.8) is 0 Å². The molecule has 0 spiro atoms. The number of ether oxygens (including phenoxy) is 1. The highest BCUT2D eigenvalue weighted by molar-refractivity contribution is 14.1. The normalized spacial score (nSPS) is 15.1. The van der Waals surface area contributed by atoms with Gasteiger partial charge < -0.3 is 8.92 Å². The summed E-state index contributed by atoms with van der Waals surface area (Å²) in [6.45, 7) is 1.77. The van der Waals surface area contributed by atoms with Gasteiger partial charge in [0.15, 0.2) is 11.5 Å². The summed E-state index contributed by atoms with van der Waals surface area (Å²) in [6, 6.07) is 14.3. The van der Waals surface area contributed by atoms with Crippen LogP contribution in [-0.2, 0) is 19.7 Å². The largest absolute Gasteiger partial charge is 0.493 e. The molecule has 3 aromatic rings. The molecule has 1 N–H and O–H groups in total. The number of urea groups is 1. The minimum Gasteiger partial charge on any atom is -0.493 e. The third-order valence-electron chi connectivity index (χ3n) is 5.30. The molecule has 1 aliphatic heterocycles. The van der Waals surface area contributed by atoms with Crippen molar-refractivity contribution in [2.45, 2.75) is 11.8 Å². The number of amides is 4. The van der Waals surface area contributed by atoms with Gasteiger partial charge in [0.1, 0.15) is 10.5 Å². The lowest BCUT2D eigenvalue weighted by atomic mass is 10.1.